The molecule has 20 heavy (non-hydrogen) atoms. The molecule has 0 radical (unpaired) electrons. The fraction of sp³-hybridized carbons (Fsp3) is 0.938. The first-order valence-corrected chi connectivity index (χ1v) is 8.46. The van der Waals surface area contributed by atoms with Gasteiger partial charge < -0.3 is 15.4 Å². The molecule has 0 aliphatic heterocycles. The van der Waals surface area contributed by atoms with Crippen molar-refractivity contribution in [1.29, 1.82) is 0 Å². The summed E-state index contributed by atoms with van der Waals surface area (Å²) in [6.07, 6.45) is 8.90. The van der Waals surface area contributed by atoms with Gasteiger partial charge in [0.1, 0.15) is 0 Å². The number of nitrogens with zero attached hydrogens (tertiary/aromatic N) is 1. The van der Waals surface area contributed by atoms with Gasteiger partial charge in [-0.3, -0.25) is 4.99 Å². The first-order valence-electron chi connectivity index (χ1n) is 8.46. The minimum atomic E-state index is 0.824. The van der Waals surface area contributed by atoms with Crippen molar-refractivity contribution in [3.8, 4) is 0 Å². The summed E-state index contributed by atoms with van der Waals surface area (Å²) in [5.74, 6) is 1.98. The third kappa shape index (κ3) is 10.1. The number of ether oxygens (including phenoxy) is 1. The average molecular weight is 283 g/mol. The van der Waals surface area contributed by atoms with Gasteiger partial charge in [-0.15, -0.1) is 0 Å². The lowest BCUT2D eigenvalue weighted by atomic mass is 10.2. The van der Waals surface area contributed by atoms with Crippen LogP contribution in [-0.2, 0) is 4.74 Å². The molecule has 118 valence electrons. The second kappa shape index (κ2) is 12.0. The Morgan fingerprint density at radius 1 is 1.10 bits per heavy atom. The molecule has 0 bridgehead atoms. The van der Waals surface area contributed by atoms with Crippen LogP contribution in [0, 0.1) is 5.92 Å². The molecule has 1 aliphatic rings. The summed E-state index contributed by atoms with van der Waals surface area (Å²) in [4.78, 5) is 4.58. The van der Waals surface area contributed by atoms with Gasteiger partial charge in [0.25, 0.3) is 0 Å². The van der Waals surface area contributed by atoms with Crippen molar-refractivity contribution >= 4 is 5.96 Å². The fourth-order valence-electron chi connectivity index (χ4n) is 2.05. The quantitative estimate of drug-likeness (QED) is 0.329. The minimum absolute atomic E-state index is 0.824. The summed E-state index contributed by atoms with van der Waals surface area (Å²) < 4.78 is 5.54. The number of aliphatic imine (C=N–C) groups is 1. The highest BCUT2D eigenvalue weighted by Crippen LogP contribution is 2.33. The van der Waals surface area contributed by atoms with Crippen LogP contribution >= 0.6 is 0 Å². The average Bonchev–Trinajstić information content (AvgIpc) is 3.26. The van der Waals surface area contributed by atoms with Gasteiger partial charge in [0.05, 0.1) is 0 Å². The zero-order chi connectivity index (χ0) is 14.5. The summed E-state index contributed by atoms with van der Waals surface area (Å²) in [5.41, 5.74) is 0. The Morgan fingerprint density at radius 3 is 2.60 bits per heavy atom. The minimum Gasteiger partial charge on any atom is -0.381 e. The van der Waals surface area contributed by atoms with Gasteiger partial charge in [0.2, 0.25) is 0 Å². The molecule has 0 atom stereocenters. The molecule has 4 heteroatoms. The molecule has 0 spiro atoms. The molecule has 2 N–H and O–H groups in total. The van der Waals surface area contributed by atoms with Crippen LogP contribution in [0.5, 0.6) is 0 Å². The molecule has 0 aromatic carbocycles. The smallest absolute Gasteiger partial charge is 0.191 e. The molecule has 0 heterocycles. The predicted octanol–water partition coefficient (Wildman–Crippen LogP) is 2.94. The second-order valence-corrected chi connectivity index (χ2v) is 5.59. The number of unbranched alkanes of at least 4 members (excludes halogenated alkanes) is 1. The Balaban J connectivity index is 2.00. The highest BCUT2D eigenvalue weighted by atomic mass is 16.5. The zero-order valence-corrected chi connectivity index (χ0v) is 13.4. The number of hydrogen-bond donors (Lipinski definition) is 2. The first-order chi connectivity index (χ1) is 9.86. The highest BCUT2D eigenvalue weighted by molar-refractivity contribution is 5.79. The van der Waals surface area contributed by atoms with E-state index in [1.54, 1.807) is 0 Å². The largest absolute Gasteiger partial charge is 0.381 e. The van der Waals surface area contributed by atoms with E-state index in [1.807, 2.05) is 0 Å². The maximum absolute atomic E-state index is 5.54. The third-order valence-electron chi connectivity index (χ3n) is 3.48. The van der Waals surface area contributed by atoms with Crippen LogP contribution in [0.25, 0.3) is 0 Å². The van der Waals surface area contributed by atoms with Crippen molar-refractivity contribution < 1.29 is 4.74 Å². The molecule has 0 saturated heterocycles. The van der Waals surface area contributed by atoms with Crippen molar-refractivity contribution in [2.75, 3.05) is 32.8 Å². The highest BCUT2D eigenvalue weighted by Gasteiger charge is 2.19. The molecule has 1 aliphatic carbocycles. The summed E-state index contributed by atoms with van der Waals surface area (Å²) in [5, 5.41) is 6.71. The standard InChI is InChI=1S/C16H33N3O/c1-3-5-13-20-14-7-12-19-16(17-4-2)18-11-6-8-15-9-10-15/h15H,3-14H2,1-2H3,(H2,17,18,19). The van der Waals surface area contributed by atoms with Gasteiger partial charge in [-0.05, 0) is 38.5 Å². The molecule has 0 aromatic rings. The number of guanidine groups is 1. The predicted molar refractivity (Wildman–Crippen MR) is 86.3 cm³/mol. The first kappa shape index (κ1) is 17.3. The third-order valence-corrected chi connectivity index (χ3v) is 3.48. The van der Waals surface area contributed by atoms with Crippen molar-refractivity contribution in [2.45, 2.75) is 58.8 Å². The fourth-order valence-corrected chi connectivity index (χ4v) is 2.05. The van der Waals surface area contributed by atoms with E-state index in [0.29, 0.717) is 0 Å². The van der Waals surface area contributed by atoms with E-state index in [1.165, 1.54) is 32.1 Å². The van der Waals surface area contributed by atoms with Crippen molar-refractivity contribution in [3.63, 3.8) is 0 Å². The van der Waals surface area contributed by atoms with E-state index in [4.69, 9.17) is 4.74 Å². The van der Waals surface area contributed by atoms with E-state index < -0.39 is 0 Å². The molecule has 0 aromatic heterocycles. The van der Waals surface area contributed by atoms with E-state index in [0.717, 1.165) is 57.6 Å². The van der Waals surface area contributed by atoms with Crippen LogP contribution in [0.15, 0.2) is 4.99 Å². The second-order valence-electron chi connectivity index (χ2n) is 5.59. The lowest BCUT2D eigenvalue weighted by Crippen LogP contribution is -2.37. The van der Waals surface area contributed by atoms with E-state index in [9.17, 15) is 0 Å². The maximum atomic E-state index is 5.54. The van der Waals surface area contributed by atoms with Gasteiger partial charge in [0, 0.05) is 32.8 Å². The molecular formula is C16H33N3O. The summed E-state index contributed by atoms with van der Waals surface area (Å²) in [6, 6.07) is 0. The van der Waals surface area contributed by atoms with Crippen molar-refractivity contribution in [1.82, 2.24) is 10.6 Å². The molecule has 1 rings (SSSR count). The van der Waals surface area contributed by atoms with Crippen LogP contribution in [-0.4, -0.2) is 38.8 Å². The summed E-state index contributed by atoms with van der Waals surface area (Å²) >= 11 is 0. The lowest BCUT2D eigenvalue weighted by molar-refractivity contribution is 0.130. The molecule has 0 amide bonds. The van der Waals surface area contributed by atoms with Gasteiger partial charge in [-0.25, -0.2) is 0 Å². The number of hydrogen-bond acceptors (Lipinski definition) is 2. The maximum Gasteiger partial charge on any atom is 0.191 e. The molecule has 4 nitrogen and oxygen atoms in total. The molecule has 1 saturated carbocycles. The van der Waals surface area contributed by atoms with Gasteiger partial charge in [-0.2, -0.15) is 0 Å². The van der Waals surface area contributed by atoms with Crippen LogP contribution in [0.2, 0.25) is 0 Å². The summed E-state index contributed by atoms with van der Waals surface area (Å²) in [6.45, 7) is 8.80. The van der Waals surface area contributed by atoms with Crippen LogP contribution in [0.3, 0.4) is 0 Å². The van der Waals surface area contributed by atoms with Crippen LogP contribution in [0.1, 0.15) is 58.8 Å². The van der Waals surface area contributed by atoms with Gasteiger partial charge in [0.15, 0.2) is 5.96 Å². The van der Waals surface area contributed by atoms with Gasteiger partial charge in [-0.1, -0.05) is 26.2 Å². The Bertz CT molecular complexity index is 252. The molecule has 0 unspecified atom stereocenters. The zero-order valence-electron chi connectivity index (χ0n) is 13.4. The van der Waals surface area contributed by atoms with Gasteiger partial charge >= 0.3 is 0 Å². The normalized spacial score (nSPS) is 15.4. The van der Waals surface area contributed by atoms with Crippen molar-refractivity contribution in [3.05, 3.63) is 0 Å². The van der Waals surface area contributed by atoms with Crippen LogP contribution < -0.4 is 10.6 Å². The SMILES string of the molecule is CCCCOCCCN=C(NCC)NCCCC1CC1. The Labute approximate surface area is 124 Å². The molecule has 1 fully saturated rings. The topological polar surface area (TPSA) is 45.6 Å². The molecular weight excluding hydrogens is 250 g/mol. The Morgan fingerprint density at radius 2 is 1.90 bits per heavy atom. The summed E-state index contributed by atoms with van der Waals surface area (Å²) in [7, 11) is 0. The van der Waals surface area contributed by atoms with Crippen molar-refractivity contribution in [2.24, 2.45) is 10.9 Å². The van der Waals surface area contributed by atoms with E-state index >= 15 is 0 Å². The monoisotopic (exact) mass is 283 g/mol. The van der Waals surface area contributed by atoms with E-state index in [2.05, 4.69) is 29.5 Å². The Kier molecular flexibility index (Phi) is 10.4. The number of rotatable bonds is 12. The van der Waals surface area contributed by atoms with Crippen LogP contribution in [0.4, 0.5) is 0 Å². The lowest BCUT2D eigenvalue weighted by Gasteiger charge is -2.11. The number of nitrogens with one attached hydrogen (secondary N) is 2. The Hall–Kier alpha value is -0.770. The van der Waals surface area contributed by atoms with E-state index in [-0.39, 0.29) is 0 Å².